The molecule has 0 saturated carbocycles. The van der Waals surface area contributed by atoms with E-state index in [-0.39, 0.29) is 31.9 Å². The van der Waals surface area contributed by atoms with Gasteiger partial charge in [-0.25, -0.2) is 5.84 Å². The largest absolute Gasteiger partial charge is 0.320 e. The molecule has 0 unspecified atom stereocenters. The van der Waals surface area contributed by atoms with Gasteiger partial charge in [-0.15, -0.1) is 0 Å². The quantitative estimate of drug-likeness (QED) is 0.446. The lowest BCUT2D eigenvalue weighted by Crippen LogP contribution is -2.31. The summed E-state index contributed by atoms with van der Waals surface area (Å²) in [5, 5.41) is 3.16. The van der Waals surface area contributed by atoms with Crippen LogP contribution < -0.4 is 16.6 Å². The molecule has 0 saturated heterocycles. The first kappa shape index (κ1) is 16.6. The second-order valence-electron chi connectivity index (χ2n) is 4.22. The topological polar surface area (TPSA) is 84.2 Å². The van der Waals surface area contributed by atoms with Crippen molar-refractivity contribution < 1.29 is 9.59 Å². The highest BCUT2D eigenvalue weighted by atomic mass is 35.5. The Labute approximate surface area is 141 Å². The molecule has 0 aliphatic heterocycles. The summed E-state index contributed by atoms with van der Waals surface area (Å²) in [4.78, 5) is 24.1. The molecule has 22 heavy (non-hydrogen) atoms. The maximum Gasteiger partial charge on any atom is 0.267 e. The molecule has 114 valence electrons. The van der Waals surface area contributed by atoms with Crippen molar-refractivity contribution in [3.05, 3.63) is 62.6 Å². The lowest BCUT2D eigenvalue weighted by Gasteiger charge is -2.13. The van der Waals surface area contributed by atoms with Gasteiger partial charge in [0.25, 0.3) is 11.8 Å². The highest BCUT2D eigenvalue weighted by Gasteiger charge is 2.19. The summed E-state index contributed by atoms with van der Waals surface area (Å²) in [5.41, 5.74) is 2.35. The summed E-state index contributed by atoms with van der Waals surface area (Å²) in [7, 11) is 0. The standard InChI is InChI=1S/C14H10Cl3N3O2/c15-7-5-9(14(22)20-18)12(11(17)6-7)19-13(21)8-3-1-2-4-10(8)16/h1-6H,18H2,(H,19,21)(H,20,22). The molecule has 0 bridgehead atoms. The van der Waals surface area contributed by atoms with Gasteiger partial charge in [0, 0.05) is 5.02 Å². The van der Waals surface area contributed by atoms with Crippen LogP contribution in [0.4, 0.5) is 5.69 Å². The zero-order chi connectivity index (χ0) is 16.3. The van der Waals surface area contributed by atoms with Crippen LogP contribution in [-0.2, 0) is 0 Å². The van der Waals surface area contributed by atoms with Crippen LogP contribution in [0.25, 0.3) is 0 Å². The number of nitrogens with two attached hydrogens (primary N) is 1. The molecule has 0 radical (unpaired) electrons. The van der Waals surface area contributed by atoms with Gasteiger partial charge < -0.3 is 5.32 Å². The van der Waals surface area contributed by atoms with E-state index in [9.17, 15) is 9.59 Å². The van der Waals surface area contributed by atoms with Crippen molar-refractivity contribution in [1.82, 2.24) is 5.43 Å². The van der Waals surface area contributed by atoms with E-state index in [1.54, 1.807) is 24.3 Å². The Kier molecular flexibility index (Phi) is 5.26. The van der Waals surface area contributed by atoms with E-state index in [0.717, 1.165) is 0 Å². The second-order valence-corrected chi connectivity index (χ2v) is 5.47. The molecule has 5 nitrogen and oxygen atoms in total. The molecule has 2 rings (SSSR count). The van der Waals surface area contributed by atoms with Gasteiger partial charge in [-0.05, 0) is 24.3 Å². The van der Waals surface area contributed by atoms with Crippen LogP contribution in [0.1, 0.15) is 20.7 Å². The van der Waals surface area contributed by atoms with E-state index >= 15 is 0 Å². The Morgan fingerprint density at radius 1 is 0.909 bits per heavy atom. The summed E-state index contributed by atoms with van der Waals surface area (Å²) in [6.07, 6.45) is 0. The number of anilines is 1. The summed E-state index contributed by atoms with van der Waals surface area (Å²) >= 11 is 17.9. The normalized spacial score (nSPS) is 10.2. The monoisotopic (exact) mass is 357 g/mol. The van der Waals surface area contributed by atoms with E-state index < -0.39 is 11.8 Å². The molecule has 0 aliphatic rings. The third-order valence-corrected chi connectivity index (χ3v) is 3.63. The van der Waals surface area contributed by atoms with Crippen molar-refractivity contribution in [2.45, 2.75) is 0 Å². The number of nitrogens with one attached hydrogen (secondary N) is 2. The number of nitrogen functional groups attached to an aromatic ring is 1. The number of carbonyl (C=O) groups is 2. The molecular formula is C14H10Cl3N3O2. The number of hydrazine groups is 1. The number of hydrogen-bond donors (Lipinski definition) is 3. The van der Waals surface area contributed by atoms with E-state index in [1.807, 2.05) is 5.43 Å². The third-order valence-electron chi connectivity index (χ3n) is 2.79. The maximum atomic E-state index is 12.3. The molecule has 0 atom stereocenters. The average Bonchev–Trinajstić information content (AvgIpc) is 2.49. The molecule has 0 aliphatic carbocycles. The zero-order valence-corrected chi connectivity index (χ0v) is 13.3. The second kappa shape index (κ2) is 6.98. The zero-order valence-electron chi connectivity index (χ0n) is 11.0. The SMILES string of the molecule is NNC(=O)c1cc(Cl)cc(Cl)c1NC(=O)c1ccccc1Cl. The molecular weight excluding hydrogens is 349 g/mol. The molecule has 0 aromatic heterocycles. The molecule has 2 amide bonds. The first-order valence-corrected chi connectivity index (χ1v) is 7.13. The lowest BCUT2D eigenvalue weighted by atomic mass is 10.1. The highest BCUT2D eigenvalue weighted by molar-refractivity contribution is 6.38. The van der Waals surface area contributed by atoms with Gasteiger partial charge in [0.1, 0.15) is 0 Å². The van der Waals surface area contributed by atoms with Crippen LogP contribution in [0.15, 0.2) is 36.4 Å². The summed E-state index contributed by atoms with van der Waals surface area (Å²) < 4.78 is 0. The molecule has 2 aromatic rings. The minimum Gasteiger partial charge on any atom is -0.320 e. The fourth-order valence-electron chi connectivity index (χ4n) is 1.78. The van der Waals surface area contributed by atoms with Crippen LogP contribution in [-0.4, -0.2) is 11.8 Å². The predicted octanol–water partition coefficient (Wildman–Crippen LogP) is 3.50. The smallest absolute Gasteiger partial charge is 0.267 e. The van der Waals surface area contributed by atoms with Gasteiger partial charge >= 0.3 is 0 Å². The van der Waals surface area contributed by atoms with Crippen LogP contribution in [0.5, 0.6) is 0 Å². The van der Waals surface area contributed by atoms with Crippen LogP contribution in [0.2, 0.25) is 15.1 Å². The Morgan fingerprint density at radius 3 is 2.23 bits per heavy atom. The minimum atomic E-state index is -0.640. The first-order valence-electron chi connectivity index (χ1n) is 6.00. The molecule has 0 heterocycles. The lowest BCUT2D eigenvalue weighted by molar-refractivity contribution is 0.0954. The van der Waals surface area contributed by atoms with Crippen molar-refractivity contribution in [3.8, 4) is 0 Å². The van der Waals surface area contributed by atoms with Crippen LogP contribution >= 0.6 is 34.8 Å². The van der Waals surface area contributed by atoms with Crippen molar-refractivity contribution in [2.75, 3.05) is 5.32 Å². The fraction of sp³-hybridized carbons (Fsp3) is 0. The van der Waals surface area contributed by atoms with Crippen molar-refractivity contribution >= 4 is 52.3 Å². The number of carbonyl (C=O) groups excluding carboxylic acids is 2. The van der Waals surface area contributed by atoms with E-state index in [1.165, 1.54) is 12.1 Å². The van der Waals surface area contributed by atoms with E-state index in [4.69, 9.17) is 40.6 Å². The van der Waals surface area contributed by atoms with Crippen molar-refractivity contribution in [3.63, 3.8) is 0 Å². The van der Waals surface area contributed by atoms with E-state index in [2.05, 4.69) is 5.32 Å². The average molecular weight is 359 g/mol. The summed E-state index contributed by atoms with van der Waals surface area (Å²) in [5.74, 6) is 3.97. The van der Waals surface area contributed by atoms with Crippen molar-refractivity contribution in [1.29, 1.82) is 0 Å². The number of halogens is 3. The summed E-state index contributed by atoms with van der Waals surface area (Å²) in [6.45, 7) is 0. The maximum absolute atomic E-state index is 12.3. The number of rotatable bonds is 3. The van der Waals surface area contributed by atoms with Crippen molar-refractivity contribution in [2.24, 2.45) is 5.84 Å². The van der Waals surface area contributed by atoms with Crippen LogP contribution in [0.3, 0.4) is 0 Å². The Morgan fingerprint density at radius 2 is 1.59 bits per heavy atom. The number of amides is 2. The Hall–Kier alpha value is -1.79. The van der Waals surface area contributed by atoms with Crippen LogP contribution in [0, 0.1) is 0 Å². The van der Waals surface area contributed by atoms with E-state index in [0.29, 0.717) is 0 Å². The molecule has 8 heteroatoms. The predicted molar refractivity (Wildman–Crippen MR) is 87.5 cm³/mol. The Balaban J connectivity index is 2.43. The minimum absolute atomic E-state index is 0.0420. The summed E-state index contributed by atoms with van der Waals surface area (Å²) in [6, 6.07) is 9.23. The molecule has 0 spiro atoms. The number of hydrogen-bond acceptors (Lipinski definition) is 3. The van der Waals surface area contributed by atoms with Gasteiger partial charge in [0.05, 0.1) is 26.9 Å². The van der Waals surface area contributed by atoms with Gasteiger partial charge in [0.15, 0.2) is 0 Å². The Bertz CT molecular complexity index is 750. The number of benzene rings is 2. The van der Waals surface area contributed by atoms with Gasteiger partial charge in [-0.2, -0.15) is 0 Å². The van der Waals surface area contributed by atoms with Gasteiger partial charge in [-0.3, -0.25) is 15.0 Å². The molecule has 0 fully saturated rings. The molecule has 2 aromatic carbocycles. The molecule has 4 N–H and O–H groups in total. The highest BCUT2D eigenvalue weighted by Crippen LogP contribution is 2.31. The third kappa shape index (κ3) is 3.51. The van der Waals surface area contributed by atoms with Gasteiger partial charge in [-0.1, -0.05) is 46.9 Å². The first-order chi connectivity index (χ1) is 10.4. The van der Waals surface area contributed by atoms with Gasteiger partial charge in [0.2, 0.25) is 0 Å². The fourth-order valence-corrected chi connectivity index (χ4v) is 2.55.